The monoisotopic (exact) mass is 448 g/mol. The molecule has 1 fully saturated rings. The van der Waals surface area contributed by atoms with Crippen LogP contribution in [0, 0.1) is 0 Å². The summed E-state index contributed by atoms with van der Waals surface area (Å²) in [7, 11) is 0. The molecule has 176 valence electrons. The maximum absolute atomic E-state index is 12.3. The Labute approximate surface area is 196 Å². The molecule has 2 atom stereocenters. The maximum atomic E-state index is 12.3. The minimum absolute atomic E-state index is 0.133. The second kappa shape index (κ2) is 9.58. The average Bonchev–Trinajstić information content (AvgIpc) is 3.19. The second-order valence-corrected chi connectivity index (χ2v) is 10.5. The van der Waals surface area contributed by atoms with E-state index in [2.05, 4.69) is 61.3 Å². The van der Waals surface area contributed by atoms with E-state index in [1.165, 1.54) is 16.7 Å². The lowest BCUT2D eigenvalue weighted by Crippen LogP contribution is -2.32. The van der Waals surface area contributed by atoms with Gasteiger partial charge in [0.1, 0.15) is 17.5 Å². The number of H-pyrrole nitrogens is 1. The zero-order valence-electron chi connectivity index (χ0n) is 20.5. The Bertz CT molecular complexity index is 1090. The zero-order valence-corrected chi connectivity index (χ0v) is 20.5. The number of carbonyl (C=O) groups excluding carboxylic acids is 1. The van der Waals surface area contributed by atoms with Gasteiger partial charge in [-0.2, -0.15) is 0 Å². The normalized spacial score (nSPS) is 19.1. The first-order chi connectivity index (χ1) is 15.7. The molecule has 2 aromatic carbocycles. The summed E-state index contributed by atoms with van der Waals surface area (Å²) in [6.45, 7) is 9.89. The smallest absolute Gasteiger partial charge is 0.430 e. The first kappa shape index (κ1) is 23.3. The number of nitrogens with zero attached hydrogens (tertiary/aromatic N) is 1. The standard InChI is InChI=1S/C28H36N2O3/c1-18(2)26-29-23-11-8-9-21(25(23)30-26)17-19-13-15-20(16-14-19)22-10-6-7-12-24(22)32-27(31)33-28(3,4)5/h8-9,11,13-16,18,22,24H,6-7,10,12,17H2,1-5H3,(H,29,30)/t22-,24+/m0/s1. The van der Waals surface area contributed by atoms with E-state index < -0.39 is 11.8 Å². The third-order valence-corrected chi connectivity index (χ3v) is 6.30. The quantitative estimate of drug-likeness (QED) is 0.417. The third kappa shape index (κ3) is 5.76. The van der Waals surface area contributed by atoms with Gasteiger partial charge in [-0.1, -0.05) is 56.7 Å². The van der Waals surface area contributed by atoms with E-state index in [0.29, 0.717) is 5.92 Å². The topological polar surface area (TPSA) is 64.2 Å². The predicted molar refractivity (Wildman–Crippen MR) is 132 cm³/mol. The fraction of sp³-hybridized carbons (Fsp3) is 0.500. The maximum Gasteiger partial charge on any atom is 0.509 e. The van der Waals surface area contributed by atoms with Crippen LogP contribution in [0.25, 0.3) is 11.0 Å². The summed E-state index contributed by atoms with van der Waals surface area (Å²) < 4.78 is 11.1. The van der Waals surface area contributed by atoms with Gasteiger partial charge < -0.3 is 14.5 Å². The lowest BCUT2D eigenvalue weighted by atomic mass is 9.81. The van der Waals surface area contributed by atoms with Crippen molar-refractivity contribution in [2.24, 2.45) is 0 Å². The average molecular weight is 449 g/mol. The Morgan fingerprint density at radius 3 is 2.52 bits per heavy atom. The van der Waals surface area contributed by atoms with E-state index in [0.717, 1.165) is 49.0 Å². The molecule has 1 heterocycles. The third-order valence-electron chi connectivity index (χ3n) is 6.30. The van der Waals surface area contributed by atoms with Crippen molar-refractivity contribution in [2.45, 2.75) is 90.3 Å². The Hall–Kier alpha value is -2.82. The number of aromatic nitrogens is 2. The molecule has 4 rings (SSSR count). The SMILES string of the molecule is CC(C)c1nc2c(Cc3ccc([C@@H]4CCCC[C@H]4OC(=O)OC(C)(C)C)cc3)cccc2[nH]1. The summed E-state index contributed by atoms with van der Waals surface area (Å²) in [5, 5.41) is 0. The minimum Gasteiger partial charge on any atom is -0.430 e. The lowest BCUT2D eigenvalue weighted by Gasteiger charge is -2.32. The Balaban J connectivity index is 1.48. The van der Waals surface area contributed by atoms with E-state index >= 15 is 0 Å². The van der Waals surface area contributed by atoms with Crippen LogP contribution in [-0.2, 0) is 15.9 Å². The summed E-state index contributed by atoms with van der Waals surface area (Å²) in [6, 6.07) is 15.1. The summed E-state index contributed by atoms with van der Waals surface area (Å²) in [5.74, 6) is 1.61. The molecule has 0 spiro atoms. The fourth-order valence-corrected chi connectivity index (χ4v) is 4.65. The number of benzene rings is 2. The van der Waals surface area contributed by atoms with Crippen LogP contribution in [0.5, 0.6) is 0 Å². The number of imidazole rings is 1. The number of para-hydroxylation sites is 1. The number of ether oxygens (including phenoxy) is 2. The van der Waals surface area contributed by atoms with Crippen molar-refractivity contribution in [1.29, 1.82) is 0 Å². The molecule has 0 bridgehead atoms. The minimum atomic E-state index is -0.566. The van der Waals surface area contributed by atoms with Gasteiger partial charge in [-0.15, -0.1) is 0 Å². The molecule has 33 heavy (non-hydrogen) atoms. The summed E-state index contributed by atoms with van der Waals surface area (Å²) in [5.41, 5.74) is 5.32. The molecule has 1 N–H and O–H groups in total. The molecule has 0 radical (unpaired) electrons. The van der Waals surface area contributed by atoms with Crippen molar-refractivity contribution in [3.8, 4) is 0 Å². The van der Waals surface area contributed by atoms with Gasteiger partial charge in [-0.25, -0.2) is 9.78 Å². The highest BCUT2D eigenvalue weighted by Crippen LogP contribution is 2.36. The molecule has 5 heteroatoms. The van der Waals surface area contributed by atoms with E-state index in [-0.39, 0.29) is 12.0 Å². The molecule has 1 aliphatic rings. The molecule has 1 aliphatic carbocycles. The van der Waals surface area contributed by atoms with Crippen LogP contribution in [0.1, 0.15) is 94.7 Å². The molecule has 0 saturated heterocycles. The fourth-order valence-electron chi connectivity index (χ4n) is 4.65. The molecule has 1 saturated carbocycles. The van der Waals surface area contributed by atoms with Crippen molar-refractivity contribution in [2.75, 3.05) is 0 Å². The first-order valence-corrected chi connectivity index (χ1v) is 12.2. The number of carbonyl (C=O) groups is 1. The van der Waals surface area contributed by atoms with Gasteiger partial charge in [0.2, 0.25) is 0 Å². The van der Waals surface area contributed by atoms with Gasteiger partial charge in [0, 0.05) is 11.8 Å². The highest BCUT2D eigenvalue weighted by molar-refractivity contribution is 5.79. The van der Waals surface area contributed by atoms with Crippen molar-refractivity contribution in [1.82, 2.24) is 9.97 Å². The highest BCUT2D eigenvalue weighted by atomic mass is 16.7. The van der Waals surface area contributed by atoms with Crippen LogP contribution in [0.15, 0.2) is 42.5 Å². The molecule has 0 aliphatic heterocycles. The van der Waals surface area contributed by atoms with Crippen LogP contribution < -0.4 is 0 Å². The lowest BCUT2D eigenvalue weighted by molar-refractivity contribution is -0.0387. The van der Waals surface area contributed by atoms with E-state index in [1.807, 2.05) is 20.8 Å². The Morgan fingerprint density at radius 1 is 1.09 bits per heavy atom. The van der Waals surface area contributed by atoms with E-state index in [4.69, 9.17) is 14.5 Å². The van der Waals surface area contributed by atoms with Crippen molar-refractivity contribution in [3.05, 3.63) is 65.0 Å². The van der Waals surface area contributed by atoms with Gasteiger partial charge in [-0.05, 0) is 69.2 Å². The van der Waals surface area contributed by atoms with Gasteiger partial charge in [-0.3, -0.25) is 0 Å². The molecule has 0 amide bonds. The molecular formula is C28H36N2O3. The van der Waals surface area contributed by atoms with Crippen LogP contribution in [0.3, 0.4) is 0 Å². The number of hydrogen-bond donors (Lipinski definition) is 1. The van der Waals surface area contributed by atoms with Crippen molar-refractivity contribution >= 4 is 17.2 Å². The molecule has 1 aromatic heterocycles. The predicted octanol–water partition coefficient (Wildman–Crippen LogP) is 7.26. The number of hydrogen-bond acceptors (Lipinski definition) is 4. The van der Waals surface area contributed by atoms with Crippen LogP contribution in [0.2, 0.25) is 0 Å². The van der Waals surface area contributed by atoms with Gasteiger partial charge >= 0.3 is 6.16 Å². The number of aromatic amines is 1. The van der Waals surface area contributed by atoms with Crippen LogP contribution in [0.4, 0.5) is 4.79 Å². The summed E-state index contributed by atoms with van der Waals surface area (Å²) in [6.07, 6.45) is 4.27. The molecule has 3 aromatic rings. The highest BCUT2D eigenvalue weighted by Gasteiger charge is 2.31. The molecule has 5 nitrogen and oxygen atoms in total. The number of nitrogens with one attached hydrogen (secondary N) is 1. The first-order valence-electron chi connectivity index (χ1n) is 12.2. The zero-order chi connectivity index (χ0) is 23.6. The van der Waals surface area contributed by atoms with E-state index in [1.54, 1.807) is 0 Å². The van der Waals surface area contributed by atoms with Crippen molar-refractivity contribution in [3.63, 3.8) is 0 Å². The van der Waals surface area contributed by atoms with E-state index in [9.17, 15) is 4.79 Å². The summed E-state index contributed by atoms with van der Waals surface area (Å²) in [4.78, 5) is 20.6. The molecule has 0 unspecified atom stereocenters. The number of rotatable bonds is 5. The molecular weight excluding hydrogens is 412 g/mol. The van der Waals surface area contributed by atoms with Crippen molar-refractivity contribution < 1.29 is 14.3 Å². The van der Waals surface area contributed by atoms with Crippen LogP contribution in [-0.4, -0.2) is 27.8 Å². The Kier molecular flexibility index (Phi) is 6.78. The van der Waals surface area contributed by atoms with Gasteiger partial charge in [0.15, 0.2) is 0 Å². The van der Waals surface area contributed by atoms with Crippen LogP contribution >= 0.6 is 0 Å². The number of fused-ring (bicyclic) bond motifs is 1. The Morgan fingerprint density at radius 2 is 1.82 bits per heavy atom. The van der Waals surface area contributed by atoms with Gasteiger partial charge in [0.05, 0.1) is 11.0 Å². The largest absolute Gasteiger partial charge is 0.509 e. The second-order valence-electron chi connectivity index (χ2n) is 10.5. The summed E-state index contributed by atoms with van der Waals surface area (Å²) >= 11 is 0. The van der Waals surface area contributed by atoms with Gasteiger partial charge in [0.25, 0.3) is 0 Å².